The summed E-state index contributed by atoms with van der Waals surface area (Å²) in [6.45, 7) is 2.88. The van der Waals surface area contributed by atoms with Gasteiger partial charge in [-0.3, -0.25) is 0 Å². The summed E-state index contributed by atoms with van der Waals surface area (Å²) in [7, 11) is 0. The van der Waals surface area contributed by atoms with Crippen molar-refractivity contribution in [2.75, 3.05) is 0 Å². The van der Waals surface area contributed by atoms with Crippen LogP contribution in [0.5, 0.6) is 5.88 Å². The number of hydrogen-bond donors (Lipinski definition) is 1. The summed E-state index contributed by atoms with van der Waals surface area (Å²) in [6, 6.07) is 19.9. The maximum absolute atomic E-state index is 14.3. The Kier molecular flexibility index (Phi) is 8.70. The first-order valence-electron chi connectivity index (χ1n) is 14.7. The van der Waals surface area contributed by atoms with E-state index in [1.54, 1.807) is 36.7 Å². The summed E-state index contributed by atoms with van der Waals surface area (Å²) in [6.07, 6.45) is -1.60. The molecule has 0 bridgehead atoms. The van der Waals surface area contributed by atoms with E-state index < -0.39 is 23.5 Å². The third-order valence-corrected chi connectivity index (χ3v) is 7.63. The average Bonchev–Trinajstić information content (AvgIpc) is 3.64. The van der Waals surface area contributed by atoms with Gasteiger partial charge in [0.15, 0.2) is 5.82 Å². The number of halogens is 4. The number of nitrogens with zero attached hydrogens (tertiary/aromatic N) is 6. The minimum absolute atomic E-state index is 0.0228. The van der Waals surface area contributed by atoms with Crippen molar-refractivity contribution < 1.29 is 32.2 Å². The Morgan fingerprint density at radius 3 is 2.49 bits per heavy atom. The van der Waals surface area contributed by atoms with Crippen molar-refractivity contribution in [1.82, 2.24) is 29.3 Å². The molecule has 6 rings (SSSR count). The first kappa shape index (κ1) is 31.4. The molecular formula is C34H28F4N6O3. The Morgan fingerprint density at radius 1 is 0.957 bits per heavy atom. The van der Waals surface area contributed by atoms with Crippen LogP contribution in [0.15, 0.2) is 85.2 Å². The lowest BCUT2D eigenvalue weighted by Gasteiger charge is -2.12. The Bertz CT molecular complexity index is 2050. The van der Waals surface area contributed by atoms with Crippen molar-refractivity contribution in [3.63, 3.8) is 0 Å². The highest BCUT2D eigenvalue weighted by molar-refractivity contribution is 5.92. The predicted molar refractivity (Wildman–Crippen MR) is 164 cm³/mol. The van der Waals surface area contributed by atoms with Gasteiger partial charge in [0.05, 0.1) is 34.4 Å². The third-order valence-electron chi connectivity index (χ3n) is 7.63. The van der Waals surface area contributed by atoms with Crippen LogP contribution >= 0.6 is 0 Å². The standard InChI is InChI=1S/C34H28F4N6O3/c1-2-14-43-20-39-42-31(43)18-44-29-16-23(33(45)46)11-13-28(29)40-30(44)15-21-6-8-22(9-7-21)27-4-3-5-32(41-27)47-19-24-10-12-25(17-26(24)35)34(36,37)38/h3-13,16-17,20H,2,14-15,18-19H2,1H3,(H,45,46). The molecule has 9 nitrogen and oxygen atoms in total. The molecule has 0 aliphatic rings. The summed E-state index contributed by atoms with van der Waals surface area (Å²) >= 11 is 0. The molecule has 0 radical (unpaired) electrons. The van der Waals surface area contributed by atoms with E-state index in [-0.39, 0.29) is 23.6 Å². The van der Waals surface area contributed by atoms with Crippen LogP contribution < -0.4 is 4.74 Å². The number of carboxylic acid groups (broad SMARTS) is 1. The van der Waals surface area contributed by atoms with E-state index in [2.05, 4.69) is 22.1 Å². The largest absolute Gasteiger partial charge is 0.478 e. The molecule has 240 valence electrons. The van der Waals surface area contributed by atoms with Gasteiger partial charge in [-0.2, -0.15) is 13.2 Å². The molecule has 3 aromatic heterocycles. The van der Waals surface area contributed by atoms with Gasteiger partial charge in [0, 0.05) is 30.2 Å². The van der Waals surface area contributed by atoms with Crippen molar-refractivity contribution in [3.8, 4) is 17.1 Å². The zero-order valence-electron chi connectivity index (χ0n) is 25.1. The molecule has 0 unspecified atom stereocenters. The lowest BCUT2D eigenvalue weighted by Crippen LogP contribution is -2.11. The van der Waals surface area contributed by atoms with E-state index in [1.807, 2.05) is 33.4 Å². The Labute approximate surface area is 266 Å². The fraction of sp³-hybridized carbons (Fsp3) is 0.206. The number of ether oxygens (including phenoxy) is 1. The smallest absolute Gasteiger partial charge is 0.416 e. The molecule has 13 heteroatoms. The Hall–Kier alpha value is -5.59. The van der Waals surface area contributed by atoms with Gasteiger partial charge in [-0.25, -0.2) is 19.2 Å². The number of hydrogen-bond acceptors (Lipinski definition) is 6. The van der Waals surface area contributed by atoms with E-state index >= 15 is 0 Å². The van der Waals surface area contributed by atoms with E-state index in [0.717, 1.165) is 47.9 Å². The van der Waals surface area contributed by atoms with Gasteiger partial charge in [0.25, 0.3) is 0 Å². The number of benzene rings is 3. The minimum Gasteiger partial charge on any atom is -0.478 e. The van der Waals surface area contributed by atoms with Crippen LogP contribution in [0, 0.1) is 5.82 Å². The Morgan fingerprint density at radius 2 is 1.77 bits per heavy atom. The summed E-state index contributed by atoms with van der Waals surface area (Å²) in [4.78, 5) is 21.0. The van der Waals surface area contributed by atoms with Crippen molar-refractivity contribution in [3.05, 3.63) is 125 Å². The molecule has 0 amide bonds. The molecule has 47 heavy (non-hydrogen) atoms. The van der Waals surface area contributed by atoms with Crippen LogP contribution in [0.2, 0.25) is 0 Å². The molecule has 0 atom stereocenters. The normalized spacial score (nSPS) is 11.7. The van der Waals surface area contributed by atoms with E-state index in [4.69, 9.17) is 9.72 Å². The molecule has 0 fully saturated rings. The van der Waals surface area contributed by atoms with Gasteiger partial charge >= 0.3 is 12.1 Å². The number of pyridine rings is 1. The first-order chi connectivity index (χ1) is 22.6. The number of carbonyl (C=O) groups is 1. The number of aryl methyl sites for hydroxylation is 1. The van der Waals surface area contributed by atoms with Crippen LogP contribution in [0.4, 0.5) is 17.6 Å². The molecule has 0 aliphatic heterocycles. The average molecular weight is 645 g/mol. The fourth-order valence-corrected chi connectivity index (χ4v) is 5.21. The van der Waals surface area contributed by atoms with E-state index in [1.165, 1.54) is 6.07 Å². The lowest BCUT2D eigenvalue weighted by atomic mass is 10.1. The highest BCUT2D eigenvalue weighted by Gasteiger charge is 2.31. The number of aromatic carboxylic acids is 1. The lowest BCUT2D eigenvalue weighted by molar-refractivity contribution is -0.137. The molecule has 3 aromatic carbocycles. The van der Waals surface area contributed by atoms with Crippen molar-refractivity contribution in [1.29, 1.82) is 0 Å². The summed E-state index contributed by atoms with van der Waals surface area (Å²) in [5.41, 5.74) is 2.74. The second-order valence-corrected chi connectivity index (χ2v) is 10.9. The molecule has 0 aliphatic carbocycles. The molecule has 0 saturated carbocycles. The third kappa shape index (κ3) is 6.98. The number of alkyl halides is 3. The van der Waals surface area contributed by atoms with Crippen molar-refractivity contribution >= 4 is 17.0 Å². The zero-order chi connectivity index (χ0) is 33.1. The molecule has 3 heterocycles. The zero-order valence-corrected chi connectivity index (χ0v) is 25.1. The summed E-state index contributed by atoms with van der Waals surface area (Å²) in [5, 5.41) is 17.9. The second kappa shape index (κ2) is 13.0. The van der Waals surface area contributed by atoms with E-state index in [0.29, 0.717) is 35.8 Å². The fourth-order valence-electron chi connectivity index (χ4n) is 5.21. The van der Waals surface area contributed by atoms with Crippen molar-refractivity contribution in [2.24, 2.45) is 0 Å². The van der Waals surface area contributed by atoms with Gasteiger partial charge < -0.3 is 19.0 Å². The van der Waals surface area contributed by atoms with E-state index in [9.17, 15) is 27.5 Å². The van der Waals surface area contributed by atoms with Crippen LogP contribution in [0.1, 0.15) is 52.0 Å². The summed E-state index contributed by atoms with van der Waals surface area (Å²) in [5.74, 6) is -0.384. The number of carboxylic acids is 1. The molecule has 0 spiro atoms. The topological polar surface area (TPSA) is 108 Å². The second-order valence-electron chi connectivity index (χ2n) is 10.9. The molecule has 6 aromatic rings. The maximum atomic E-state index is 14.3. The van der Waals surface area contributed by atoms with Gasteiger partial charge in [-0.15, -0.1) is 10.2 Å². The number of fused-ring (bicyclic) bond motifs is 1. The SMILES string of the molecule is CCCn1cnnc1Cn1c(Cc2ccc(-c3cccc(OCc4ccc(C(F)(F)F)cc4F)n3)cc2)nc2ccc(C(=O)O)cc21. The maximum Gasteiger partial charge on any atom is 0.416 e. The van der Waals surface area contributed by atoms with Crippen LogP contribution in [0.25, 0.3) is 22.3 Å². The van der Waals surface area contributed by atoms with Gasteiger partial charge in [0.2, 0.25) is 5.88 Å². The van der Waals surface area contributed by atoms with Crippen molar-refractivity contribution in [2.45, 2.75) is 45.6 Å². The molecule has 1 N–H and O–H groups in total. The minimum atomic E-state index is -4.64. The molecule has 0 saturated heterocycles. The number of aromatic nitrogens is 6. The molecular weight excluding hydrogens is 616 g/mol. The first-order valence-corrected chi connectivity index (χ1v) is 14.7. The summed E-state index contributed by atoms with van der Waals surface area (Å²) < 4.78 is 62.4. The Balaban J connectivity index is 1.21. The monoisotopic (exact) mass is 644 g/mol. The van der Waals surface area contributed by atoms with Gasteiger partial charge in [-0.1, -0.05) is 43.3 Å². The van der Waals surface area contributed by atoms with Crippen LogP contribution in [0.3, 0.4) is 0 Å². The van der Waals surface area contributed by atoms with Crippen LogP contribution in [-0.2, 0) is 32.3 Å². The quantitative estimate of drug-likeness (QED) is 0.149. The predicted octanol–water partition coefficient (Wildman–Crippen LogP) is 7.17. The van der Waals surface area contributed by atoms with Gasteiger partial charge in [-0.05, 0) is 48.4 Å². The number of imidazole rings is 1. The highest BCUT2D eigenvalue weighted by atomic mass is 19.4. The van der Waals surface area contributed by atoms with Gasteiger partial charge in [0.1, 0.15) is 24.6 Å². The van der Waals surface area contributed by atoms with Crippen LogP contribution in [-0.4, -0.2) is 40.4 Å². The number of rotatable bonds is 11. The highest BCUT2D eigenvalue weighted by Crippen LogP contribution is 2.31.